The summed E-state index contributed by atoms with van der Waals surface area (Å²) < 4.78 is 29.9. The lowest BCUT2D eigenvalue weighted by Gasteiger charge is -2.06. The van der Waals surface area contributed by atoms with Gasteiger partial charge in [-0.05, 0) is 6.42 Å². The molecule has 1 aromatic rings. The lowest BCUT2D eigenvalue weighted by molar-refractivity contribution is 0.00898. The maximum Gasteiger partial charge on any atom is 0.290 e. The Bertz CT molecular complexity index is 277. The molecule has 0 aromatic carbocycles. The molecule has 0 radical (unpaired) electrons. The minimum atomic E-state index is -2.98. The second-order valence-electron chi connectivity index (χ2n) is 2.62. The summed E-state index contributed by atoms with van der Waals surface area (Å²) in [4.78, 5) is 0. The molecule has 0 unspecified atom stereocenters. The van der Waals surface area contributed by atoms with Crippen molar-refractivity contribution >= 4 is 5.88 Å². The summed E-state index contributed by atoms with van der Waals surface area (Å²) in [5.74, 6) is -3.00. The third kappa shape index (κ3) is 1.39. The van der Waals surface area contributed by atoms with Crippen LogP contribution in [0.15, 0.2) is 4.52 Å². The highest BCUT2D eigenvalue weighted by atomic mass is 19.3. The van der Waals surface area contributed by atoms with E-state index in [1.54, 1.807) is 6.92 Å². The summed E-state index contributed by atoms with van der Waals surface area (Å²) in [5, 5.41) is 3.21. The normalized spacial score (nSPS) is 12.0. The van der Waals surface area contributed by atoms with Crippen LogP contribution in [0.2, 0.25) is 0 Å². The standard InChI is InChI=1S/C7H10F2N2O/c1-3-4-5(7(2,8)9)11-12-6(4)10/h3,10H2,1-2H3. The minimum Gasteiger partial charge on any atom is -0.367 e. The second kappa shape index (κ2) is 2.73. The first-order chi connectivity index (χ1) is 5.46. The summed E-state index contributed by atoms with van der Waals surface area (Å²) in [6, 6.07) is 0. The second-order valence-corrected chi connectivity index (χ2v) is 2.62. The molecule has 3 nitrogen and oxygen atoms in total. The van der Waals surface area contributed by atoms with Crippen LogP contribution >= 0.6 is 0 Å². The van der Waals surface area contributed by atoms with Crippen molar-refractivity contribution in [1.29, 1.82) is 0 Å². The summed E-state index contributed by atoms with van der Waals surface area (Å²) in [6.07, 6.45) is 0.397. The van der Waals surface area contributed by atoms with E-state index in [2.05, 4.69) is 9.68 Å². The van der Waals surface area contributed by atoms with Gasteiger partial charge in [-0.1, -0.05) is 12.1 Å². The smallest absolute Gasteiger partial charge is 0.290 e. The average molecular weight is 176 g/mol. The third-order valence-electron chi connectivity index (χ3n) is 1.59. The monoisotopic (exact) mass is 176 g/mol. The first kappa shape index (κ1) is 8.96. The molecule has 0 aliphatic carbocycles. The van der Waals surface area contributed by atoms with Gasteiger partial charge in [0.05, 0.1) is 0 Å². The molecule has 0 saturated heterocycles. The molecule has 2 N–H and O–H groups in total. The minimum absolute atomic E-state index is 0.0194. The van der Waals surface area contributed by atoms with Crippen LogP contribution in [0.5, 0.6) is 0 Å². The van der Waals surface area contributed by atoms with Gasteiger partial charge in [0.2, 0.25) is 5.88 Å². The zero-order chi connectivity index (χ0) is 9.35. The Kier molecular flexibility index (Phi) is 2.04. The van der Waals surface area contributed by atoms with Gasteiger partial charge >= 0.3 is 0 Å². The fourth-order valence-corrected chi connectivity index (χ4v) is 1.01. The molecule has 0 amide bonds. The maximum atomic E-state index is 12.7. The molecule has 0 atom stereocenters. The molecule has 68 valence electrons. The molecule has 0 saturated carbocycles. The van der Waals surface area contributed by atoms with Gasteiger partial charge in [0.15, 0.2) is 5.69 Å². The Balaban J connectivity index is 3.16. The third-order valence-corrected chi connectivity index (χ3v) is 1.59. The highest BCUT2D eigenvalue weighted by Crippen LogP contribution is 2.31. The number of rotatable bonds is 2. The van der Waals surface area contributed by atoms with E-state index in [4.69, 9.17) is 5.73 Å². The van der Waals surface area contributed by atoms with Gasteiger partial charge in [-0.25, -0.2) is 0 Å². The largest absolute Gasteiger partial charge is 0.367 e. The van der Waals surface area contributed by atoms with Crippen molar-refractivity contribution in [3.8, 4) is 0 Å². The van der Waals surface area contributed by atoms with Gasteiger partial charge in [0.1, 0.15) is 0 Å². The van der Waals surface area contributed by atoms with Crippen LogP contribution in [0.25, 0.3) is 0 Å². The van der Waals surface area contributed by atoms with E-state index in [1.165, 1.54) is 0 Å². The number of anilines is 1. The molecule has 5 heteroatoms. The van der Waals surface area contributed by atoms with Crippen molar-refractivity contribution in [1.82, 2.24) is 5.16 Å². The highest BCUT2D eigenvalue weighted by molar-refractivity contribution is 5.40. The van der Waals surface area contributed by atoms with Crippen molar-refractivity contribution in [2.45, 2.75) is 26.2 Å². The topological polar surface area (TPSA) is 52.0 Å². The number of halogens is 2. The van der Waals surface area contributed by atoms with E-state index in [9.17, 15) is 8.78 Å². The summed E-state index contributed by atoms with van der Waals surface area (Å²) in [6.45, 7) is 2.49. The Morgan fingerprint density at radius 2 is 2.17 bits per heavy atom. The van der Waals surface area contributed by atoms with Gasteiger partial charge in [0.25, 0.3) is 5.92 Å². The quantitative estimate of drug-likeness (QED) is 0.749. The number of aromatic nitrogens is 1. The van der Waals surface area contributed by atoms with Crippen LogP contribution < -0.4 is 5.73 Å². The van der Waals surface area contributed by atoms with Crippen LogP contribution in [0.4, 0.5) is 14.7 Å². The predicted molar refractivity (Wildman–Crippen MR) is 39.9 cm³/mol. The Labute approximate surface area is 68.5 Å². The molecule has 1 rings (SSSR count). The van der Waals surface area contributed by atoms with Crippen molar-refractivity contribution < 1.29 is 13.3 Å². The lowest BCUT2D eigenvalue weighted by Crippen LogP contribution is -2.10. The molecule has 0 spiro atoms. The molecular weight excluding hydrogens is 166 g/mol. The predicted octanol–water partition coefficient (Wildman–Crippen LogP) is 1.93. The summed E-state index contributed by atoms with van der Waals surface area (Å²) in [7, 11) is 0. The zero-order valence-corrected chi connectivity index (χ0v) is 6.90. The first-order valence-corrected chi connectivity index (χ1v) is 3.59. The zero-order valence-electron chi connectivity index (χ0n) is 6.90. The summed E-state index contributed by atoms with van der Waals surface area (Å²) >= 11 is 0. The highest BCUT2D eigenvalue weighted by Gasteiger charge is 2.32. The Hall–Kier alpha value is -1.13. The van der Waals surface area contributed by atoms with Crippen LogP contribution in [0.3, 0.4) is 0 Å². The fraction of sp³-hybridized carbons (Fsp3) is 0.571. The number of hydrogen-bond donors (Lipinski definition) is 1. The molecule has 0 bridgehead atoms. The van der Waals surface area contributed by atoms with E-state index in [0.29, 0.717) is 12.0 Å². The molecule has 0 aliphatic heterocycles. The average Bonchev–Trinajstić information content (AvgIpc) is 2.29. The first-order valence-electron chi connectivity index (χ1n) is 3.59. The molecule has 1 heterocycles. The Morgan fingerprint density at radius 3 is 2.50 bits per heavy atom. The van der Waals surface area contributed by atoms with Gasteiger partial charge < -0.3 is 10.3 Å². The van der Waals surface area contributed by atoms with Crippen LogP contribution in [-0.4, -0.2) is 5.16 Å². The van der Waals surface area contributed by atoms with E-state index in [0.717, 1.165) is 6.92 Å². The van der Waals surface area contributed by atoms with Crippen LogP contribution in [-0.2, 0) is 12.3 Å². The van der Waals surface area contributed by atoms with Crippen molar-refractivity contribution in [2.75, 3.05) is 5.73 Å². The maximum absolute atomic E-state index is 12.7. The Morgan fingerprint density at radius 1 is 1.58 bits per heavy atom. The van der Waals surface area contributed by atoms with Crippen LogP contribution in [0.1, 0.15) is 25.1 Å². The SMILES string of the molecule is CCc1c(C(C)(F)F)noc1N. The van der Waals surface area contributed by atoms with Gasteiger partial charge in [-0.3, -0.25) is 0 Å². The molecule has 1 aromatic heterocycles. The number of nitrogens with zero attached hydrogens (tertiary/aromatic N) is 1. The number of nitrogen functional groups attached to an aromatic ring is 1. The number of nitrogens with two attached hydrogens (primary N) is 1. The molecule has 12 heavy (non-hydrogen) atoms. The van der Waals surface area contributed by atoms with Gasteiger partial charge in [0, 0.05) is 12.5 Å². The van der Waals surface area contributed by atoms with Crippen molar-refractivity contribution in [3.05, 3.63) is 11.3 Å². The van der Waals surface area contributed by atoms with Gasteiger partial charge in [-0.2, -0.15) is 8.78 Å². The number of hydrogen-bond acceptors (Lipinski definition) is 3. The van der Waals surface area contributed by atoms with E-state index >= 15 is 0 Å². The van der Waals surface area contributed by atoms with Crippen molar-refractivity contribution in [3.63, 3.8) is 0 Å². The van der Waals surface area contributed by atoms with E-state index in [1.807, 2.05) is 0 Å². The van der Waals surface area contributed by atoms with Crippen LogP contribution in [0, 0.1) is 0 Å². The van der Waals surface area contributed by atoms with Gasteiger partial charge in [-0.15, -0.1) is 0 Å². The van der Waals surface area contributed by atoms with E-state index < -0.39 is 5.92 Å². The number of alkyl halides is 2. The van der Waals surface area contributed by atoms with Crippen molar-refractivity contribution in [2.24, 2.45) is 0 Å². The summed E-state index contributed by atoms with van der Waals surface area (Å²) in [5.41, 5.74) is 5.22. The fourth-order valence-electron chi connectivity index (χ4n) is 1.01. The van der Waals surface area contributed by atoms with E-state index in [-0.39, 0.29) is 11.6 Å². The molecule has 0 aliphatic rings. The molecular formula is C7H10F2N2O. The lowest BCUT2D eigenvalue weighted by atomic mass is 10.1. The molecule has 0 fully saturated rings.